The number of ether oxygens (including phenoxy) is 2. The molecule has 1 aromatic heterocycles. The number of rotatable bonds is 6. The molecule has 0 atom stereocenters. The van der Waals surface area contributed by atoms with Crippen molar-refractivity contribution in [2.45, 2.75) is 25.3 Å². The highest BCUT2D eigenvalue weighted by Gasteiger charge is 2.18. The molecule has 7 heteroatoms. The lowest BCUT2D eigenvalue weighted by Crippen LogP contribution is -2.28. The van der Waals surface area contributed by atoms with Crippen molar-refractivity contribution in [2.75, 3.05) is 26.0 Å². The van der Waals surface area contributed by atoms with Gasteiger partial charge in [-0.15, -0.1) is 11.8 Å². The van der Waals surface area contributed by atoms with E-state index >= 15 is 0 Å². The predicted octanol–water partition coefficient (Wildman–Crippen LogP) is 4.01. The summed E-state index contributed by atoms with van der Waals surface area (Å²) in [7, 11) is 1.84. The summed E-state index contributed by atoms with van der Waals surface area (Å²) < 4.78 is 13.1. The lowest BCUT2D eigenvalue weighted by molar-refractivity contribution is -0.127. The molecule has 0 radical (unpaired) electrons. The molecule has 30 heavy (non-hydrogen) atoms. The fraction of sp³-hybridized carbons (Fsp3) is 0.304. The topological polar surface area (TPSA) is 56.6 Å². The van der Waals surface area contributed by atoms with E-state index in [1.807, 2.05) is 74.1 Å². The molecule has 0 saturated heterocycles. The first-order valence-corrected chi connectivity index (χ1v) is 10.9. The van der Waals surface area contributed by atoms with Gasteiger partial charge in [-0.05, 0) is 44.2 Å². The summed E-state index contributed by atoms with van der Waals surface area (Å²) in [5.74, 6) is 1.93. The van der Waals surface area contributed by atoms with E-state index in [-0.39, 0.29) is 5.91 Å². The summed E-state index contributed by atoms with van der Waals surface area (Å²) in [6, 6.07) is 15.8. The number of aromatic nitrogens is 2. The largest absolute Gasteiger partial charge is 0.486 e. The highest BCUT2D eigenvalue weighted by Crippen LogP contribution is 2.34. The fourth-order valence-electron chi connectivity index (χ4n) is 3.42. The van der Waals surface area contributed by atoms with E-state index in [9.17, 15) is 4.79 Å². The Balaban J connectivity index is 1.40. The van der Waals surface area contributed by atoms with Gasteiger partial charge < -0.3 is 14.4 Å². The SMILES string of the molecule is Cc1nn(-c2ccccc2)c(C)c1CN(C)C(=O)CSc1ccc2c(c1)OCCO2. The summed E-state index contributed by atoms with van der Waals surface area (Å²) >= 11 is 1.50. The van der Waals surface area contributed by atoms with Gasteiger partial charge in [0.15, 0.2) is 11.5 Å². The minimum Gasteiger partial charge on any atom is -0.486 e. The second-order valence-electron chi connectivity index (χ2n) is 7.24. The summed E-state index contributed by atoms with van der Waals surface area (Å²) in [5.41, 5.74) is 4.10. The van der Waals surface area contributed by atoms with Crippen molar-refractivity contribution in [1.29, 1.82) is 0 Å². The number of hydrogen-bond acceptors (Lipinski definition) is 5. The second-order valence-corrected chi connectivity index (χ2v) is 8.29. The fourth-order valence-corrected chi connectivity index (χ4v) is 4.28. The Kier molecular flexibility index (Phi) is 5.99. The van der Waals surface area contributed by atoms with Crippen LogP contribution in [0.3, 0.4) is 0 Å². The zero-order chi connectivity index (χ0) is 21.1. The predicted molar refractivity (Wildman–Crippen MR) is 118 cm³/mol. The maximum Gasteiger partial charge on any atom is 0.232 e. The standard InChI is InChI=1S/C23H25N3O3S/c1-16-20(17(2)26(24-16)18-7-5-4-6-8-18)14-25(3)23(27)15-30-19-9-10-21-22(13-19)29-12-11-28-21/h4-10,13H,11-12,14-15H2,1-3H3. The summed E-state index contributed by atoms with van der Waals surface area (Å²) in [4.78, 5) is 15.5. The molecule has 1 amide bonds. The molecule has 0 aliphatic carbocycles. The zero-order valence-electron chi connectivity index (χ0n) is 17.4. The van der Waals surface area contributed by atoms with E-state index in [0.29, 0.717) is 25.5 Å². The first-order chi connectivity index (χ1) is 14.5. The summed E-state index contributed by atoms with van der Waals surface area (Å²) in [6.45, 7) is 5.69. The van der Waals surface area contributed by atoms with Gasteiger partial charge in [0.1, 0.15) is 13.2 Å². The van der Waals surface area contributed by atoms with Gasteiger partial charge in [-0.3, -0.25) is 4.79 Å². The molecule has 0 bridgehead atoms. The van der Waals surface area contributed by atoms with Gasteiger partial charge in [-0.25, -0.2) is 4.68 Å². The van der Waals surface area contributed by atoms with Crippen molar-refractivity contribution in [3.63, 3.8) is 0 Å². The lowest BCUT2D eigenvalue weighted by Gasteiger charge is -2.19. The second kappa shape index (κ2) is 8.83. The van der Waals surface area contributed by atoms with Crippen molar-refractivity contribution in [2.24, 2.45) is 0 Å². The van der Waals surface area contributed by atoms with Crippen molar-refractivity contribution in [3.05, 3.63) is 65.5 Å². The van der Waals surface area contributed by atoms with Crippen molar-refractivity contribution in [3.8, 4) is 17.2 Å². The number of benzene rings is 2. The molecule has 3 aromatic rings. The normalized spacial score (nSPS) is 12.6. The number of carbonyl (C=O) groups is 1. The smallest absolute Gasteiger partial charge is 0.232 e. The summed E-state index contributed by atoms with van der Waals surface area (Å²) in [5, 5.41) is 4.68. The molecule has 0 spiro atoms. The first-order valence-electron chi connectivity index (χ1n) is 9.90. The Morgan fingerprint density at radius 1 is 1.10 bits per heavy atom. The quantitative estimate of drug-likeness (QED) is 0.561. The minimum atomic E-state index is 0.0705. The molecule has 0 unspecified atom stereocenters. The van der Waals surface area contributed by atoms with Crippen LogP contribution in [0.1, 0.15) is 17.0 Å². The third kappa shape index (κ3) is 4.31. The number of fused-ring (bicyclic) bond motifs is 1. The number of para-hydroxylation sites is 1. The van der Waals surface area contributed by atoms with Gasteiger partial charge in [0.25, 0.3) is 0 Å². The van der Waals surface area contributed by atoms with Gasteiger partial charge in [0.05, 0.1) is 17.1 Å². The van der Waals surface area contributed by atoms with Crippen LogP contribution in [0.2, 0.25) is 0 Å². The van der Waals surface area contributed by atoms with E-state index in [1.165, 1.54) is 11.8 Å². The minimum absolute atomic E-state index is 0.0705. The van der Waals surface area contributed by atoms with Crippen molar-refractivity contribution >= 4 is 17.7 Å². The Labute approximate surface area is 180 Å². The molecule has 2 aromatic carbocycles. The van der Waals surface area contributed by atoms with Crippen molar-refractivity contribution < 1.29 is 14.3 Å². The average Bonchev–Trinajstić information content (AvgIpc) is 3.06. The molecule has 0 saturated carbocycles. The monoisotopic (exact) mass is 423 g/mol. The molecular weight excluding hydrogens is 398 g/mol. The van der Waals surface area contributed by atoms with E-state index in [1.54, 1.807) is 4.90 Å². The van der Waals surface area contributed by atoms with E-state index in [0.717, 1.165) is 39.0 Å². The van der Waals surface area contributed by atoms with Crippen LogP contribution in [0.4, 0.5) is 0 Å². The molecular formula is C23H25N3O3S. The molecule has 6 nitrogen and oxygen atoms in total. The zero-order valence-corrected chi connectivity index (χ0v) is 18.2. The van der Waals surface area contributed by atoms with Gasteiger partial charge in [-0.2, -0.15) is 5.10 Å². The van der Waals surface area contributed by atoms with Crippen LogP contribution in [0.25, 0.3) is 5.69 Å². The molecule has 2 heterocycles. The first kappa shape index (κ1) is 20.3. The number of nitrogens with zero attached hydrogens (tertiary/aromatic N) is 3. The van der Waals surface area contributed by atoms with Gasteiger partial charge in [0.2, 0.25) is 5.91 Å². The van der Waals surface area contributed by atoms with Gasteiger partial charge in [0, 0.05) is 29.7 Å². The number of thioether (sulfide) groups is 1. The molecule has 0 N–H and O–H groups in total. The van der Waals surface area contributed by atoms with Crippen LogP contribution in [-0.2, 0) is 11.3 Å². The number of amides is 1. The van der Waals surface area contributed by atoms with Gasteiger partial charge >= 0.3 is 0 Å². The number of carbonyl (C=O) groups excluding carboxylic acids is 1. The third-order valence-electron chi connectivity index (χ3n) is 5.14. The molecule has 156 valence electrons. The number of aryl methyl sites for hydroxylation is 1. The lowest BCUT2D eigenvalue weighted by atomic mass is 10.2. The maximum atomic E-state index is 12.7. The van der Waals surface area contributed by atoms with Crippen molar-refractivity contribution in [1.82, 2.24) is 14.7 Å². The maximum absolute atomic E-state index is 12.7. The average molecular weight is 424 g/mol. The molecule has 4 rings (SSSR count). The van der Waals surface area contributed by atoms with Crippen LogP contribution in [0.15, 0.2) is 53.4 Å². The van der Waals surface area contributed by atoms with Crippen LogP contribution in [0.5, 0.6) is 11.5 Å². The molecule has 1 aliphatic heterocycles. The Bertz CT molecular complexity index is 1050. The Hall–Kier alpha value is -2.93. The third-order valence-corrected chi connectivity index (χ3v) is 6.12. The van der Waals surface area contributed by atoms with Crippen LogP contribution in [-0.4, -0.2) is 46.6 Å². The summed E-state index contributed by atoms with van der Waals surface area (Å²) in [6.07, 6.45) is 0. The molecule has 1 aliphatic rings. The van der Waals surface area contributed by atoms with E-state index in [2.05, 4.69) is 5.10 Å². The van der Waals surface area contributed by atoms with Gasteiger partial charge in [-0.1, -0.05) is 18.2 Å². The van der Waals surface area contributed by atoms with Crippen LogP contribution < -0.4 is 9.47 Å². The highest BCUT2D eigenvalue weighted by atomic mass is 32.2. The Morgan fingerprint density at radius 2 is 1.83 bits per heavy atom. The van der Waals surface area contributed by atoms with Crippen LogP contribution in [0, 0.1) is 13.8 Å². The molecule has 0 fully saturated rings. The van der Waals surface area contributed by atoms with Crippen LogP contribution >= 0.6 is 11.8 Å². The Morgan fingerprint density at radius 3 is 2.60 bits per heavy atom. The van der Waals surface area contributed by atoms with E-state index < -0.39 is 0 Å². The highest BCUT2D eigenvalue weighted by molar-refractivity contribution is 8.00. The van der Waals surface area contributed by atoms with E-state index in [4.69, 9.17) is 9.47 Å². The number of hydrogen-bond donors (Lipinski definition) is 0.